The number of hydrogen-bond donors (Lipinski definition) is 1. The summed E-state index contributed by atoms with van der Waals surface area (Å²) in [5, 5.41) is 6.88. The van der Waals surface area contributed by atoms with Crippen molar-refractivity contribution >= 4 is 23.2 Å². The van der Waals surface area contributed by atoms with Crippen molar-refractivity contribution in [2.75, 3.05) is 0 Å². The van der Waals surface area contributed by atoms with Crippen LogP contribution in [0.5, 0.6) is 0 Å². The van der Waals surface area contributed by atoms with Crippen LogP contribution in [0.1, 0.15) is 40.2 Å². The molecule has 1 fully saturated rings. The first-order valence-electron chi connectivity index (χ1n) is 6.77. The lowest BCUT2D eigenvalue weighted by atomic mass is 9.81. The zero-order valence-electron chi connectivity index (χ0n) is 12.7. The second-order valence-corrected chi connectivity index (χ2v) is 7.67. The number of amides is 2. The molecule has 1 saturated heterocycles. The molecule has 2 heterocycles. The first-order chi connectivity index (χ1) is 9.14. The van der Waals surface area contributed by atoms with Crippen LogP contribution < -0.4 is 5.32 Å². The third kappa shape index (κ3) is 2.59. The second kappa shape index (κ2) is 4.88. The molecule has 110 valence electrons. The van der Waals surface area contributed by atoms with Gasteiger partial charge in [0.1, 0.15) is 11.6 Å². The summed E-state index contributed by atoms with van der Waals surface area (Å²) in [4.78, 5) is 26.8. The Hall–Kier alpha value is -1.36. The van der Waals surface area contributed by atoms with Crippen LogP contribution in [-0.2, 0) is 16.1 Å². The molecule has 0 radical (unpaired) electrons. The van der Waals surface area contributed by atoms with Gasteiger partial charge in [0.15, 0.2) is 0 Å². The molecule has 0 aromatic carbocycles. The average Bonchev–Trinajstić information content (AvgIpc) is 2.81. The van der Waals surface area contributed by atoms with Crippen molar-refractivity contribution in [1.29, 1.82) is 0 Å². The highest BCUT2D eigenvalue weighted by molar-refractivity contribution is 7.07. The highest BCUT2D eigenvalue weighted by Crippen LogP contribution is 2.30. The van der Waals surface area contributed by atoms with Gasteiger partial charge in [0.05, 0.1) is 0 Å². The molecule has 4 nitrogen and oxygen atoms in total. The molecule has 1 atom stereocenters. The van der Waals surface area contributed by atoms with Gasteiger partial charge in [0.2, 0.25) is 11.8 Å². The second-order valence-electron chi connectivity index (χ2n) is 6.89. The Labute approximate surface area is 124 Å². The van der Waals surface area contributed by atoms with E-state index in [0.29, 0.717) is 6.54 Å². The summed E-state index contributed by atoms with van der Waals surface area (Å²) in [6.07, 6.45) is 0. The summed E-state index contributed by atoms with van der Waals surface area (Å²) in [5.41, 5.74) is -0.0459. The number of carbonyl (C=O) groups is 2. The topological polar surface area (TPSA) is 49.4 Å². The molecule has 1 N–H and O–H groups in total. The van der Waals surface area contributed by atoms with Gasteiger partial charge >= 0.3 is 0 Å². The van der Waals surface area contributed by atoms with E-state index in [2.05, 4.69) is 5.32 Å². The molecule has 0 bridgehead atoms. The third-order valence-electron chi connectivity index (χ3n) is 3.81. The molecule has 2 amide bonds. The summed E-state index contributed by atoms with van der Waals surface area (Å²) < 4.78 is 0. The van der Waals surface area contributed by atoms with E-state index in [1.165, 1.54) is 0 Å². The quantitative estimate of drug-likeness (QED) is 0.910. The Morgan fingerprint density at radius 2 is 2.00 bits per heavy atom. The highest BCUT2D eigenvalue weighted by Gasteiger charge is 2.49. The van der Waals surface area contributed by atoms with Crippen molar-refractivity contribution in [1.82, 2.24) is 10.2 Å². The fraction of sp³-hybridized carbons (Fsp3) is 0.600. The lowest BCUT2D eigenvalue weighted by Crippen LogP contribution is -2.70. The van der Waals surface area contributed by atoms with Crippen molar-refractivity contribution in [3.05, 3.63) is 22.4 Å². The maximum atomic E-state index is 12.8. The number of thiophene rings is 1. The van der Waals surface area contributed by atoms with Gasteiger partial charge in [-0.2, -0.15) is 11.3 Å². The molecule has 0 spiro atoms. The fourth-order valence-corrected chi connectivity index (χ4v) is 3.01. The van der Waals surface area contributed by atoms with Gasteiger partial charge in [-0.1, -0.05) is 20.8 Å². The minimum absolute atomic E-state index is 0.00620. The third-order valence-corrected chi connectivity index (χ3v) is 4.54. The van der Waals surface area contributed by atoms with E-state index in [9.17, 15) is 9.59 Å². The minimum atomic E-state index is -0.819. The largest absolute Gasteiger partial charge is 0.342 e. The van der Waals surface area contributed by atoms with E-state index in [-0.39, 0.29) is 17.2 Å². The molecule has 1 aliphatic rings. The average molecular weight is 294 g/mol. The maximum absolute atomic E-state index is 12.8. The van der Waals surface area contributed by atoms with Gasteiger partial charge in [0, 0.05) is 6.54 Å². The van der Waals surface area contributed by atoms with Crippen molar-refractivity contribution < 1.29 is 9.59 Å². The van der Waals surface area contributed by atoms with Gasteiger partial charge < -0.3 is 10.2 Å². The van der Waals surface area contributed by atoms with Crippen LogP contribution in [0, 0.1) is 5.41 Å². The van der Waals surface area contributed by atoms with Crippen LogP contribution >= 0.6 is 11.3 Å². The summed E-state index contributed by atoms with van der Waals surface area (Å²) in [6.45, 7) is 9.98. The van der Waals surface area contributed by atoms with E-state index in [1.807, 2.05) is 37.6 Å². The molecule has 1 unspecified atom stereocenters. The number of carbonyl (C=O) groups excluding carboxylic acids is 2. The highest BCUT2D eigenvalue weighted by atomic mass is 32.1. The smallest absolute Gasteiger partial charge is 0.246 e. The van der Waals surface area contributed by atoms with E-state index in [1.54, 1.807) is 30.1 Å². The molecule has 0 saturated carbocycles. The lowest BCUT2D eigenvalue weighted by molar-refractivity contribution is -0.159. The Morgan fingerprint density at radius 3 is 2.50 bits per heavy atom. The van der Waals surface area contributed by atoms with E-state index < -0.39 is 11.6 Å². The van der Waals surface area contributed by atoms with Crippen LogP contribution in [0.2, 0.25) is 0 Å². The zero-order chi connectivity index (χ0) is 15.1. The molecular formula is C15H22N2O2S. The van der Waals surface area contributed by atoms with E-state index in [0.717, 1.165) is 5.56 Å². The summed E-state index contributed by atoms with van der Waals surface area (Å²) >= 11 is 1.60. The number of nitrogens with one attached hydrogen (secondary N) is 1. The zero-order valence-corrected chi connectivity index (χ0v) is 13.5. The SMILES string of the molecule is CC(C)(C)C1NC(=O)C(C)(C)N(Cc2ccsc2)C1=O. The summed E-state index contributed by atoms with van der Waals surface area (Å²) in [6, 6.07) is 1.52. The van der Waals surface area contributed by atoms with Gasteiger partial charge in [-0.05, 0) is 41.7 Å². The molecule has 0 aliphatic carbocycles. The van der Waals surface area contributed by atoms with Crippen LogP contribution in [0.4, 0.5) is 0 Å². The van der Waals surface area contributed by atoms with Gasteiger partial charge in [-0.15, -0.1) is 0 Å². The Balaban J connectivity index is 2.33. The fourth-order valence-electron chi connectivity index (χ4n) is 2.35. The number of hydrogen-bond acceptors (Lipinski definition) is 3. The molecule has 1 aromatic heterocycles. The standard InChI is InChI=1S/C15H22N2O2S/c1-14(2,3)11-12(18)17(8-10-6-7-20-9-10)15(4,5)13(19)16-11/h6-7,9,11H,8H2,1-5H3,(H,16,19). The molecule has 5 heteroatoms. The molecule has 2 rings (SSSR count). The monoisotopic (exact) mass is 294 g/mol. The molecule has 1 aliphatic heterocycles. The van der Waals surface area contributed by atoms with Crippen molar-refractivity contribution in [2.45, 2.75) is 52.7 Å². The van der Waals surface area contributed by atoms with Crippen molar-refractivity contribution in [3.63, 3.8) is 0 Å². The van der Waals surface area contributed by atoms with Crippen LogP contribution in [-0.4, -0.2) is 28.3 Å². The minimum Gasteiger partial charge on any atom is -0.342 e. The number of nitrogens with zero attached hydrogens (tertiary/aromatic N) is 1. The van der Waals surface area contributed by atoms with E-state index >= 15 is 0 Å². The molecular weight excluding hydrogens is 272 g/mol. The van der Waals surface area contributed by atoms with Gasteiger partial charge in [0.25, 0.3) is 0 Å². The van der Waals surface area contributed by atoms with Crippen LogP contribution in [0.25, 0.3) is 0 Å². The van der Waals surface area contributed by atoms with Crippen molar-refractivity contribution in [3.8, 4) is 0 Å². The summed E-state index contributed by atoms with van der Waals surface area (Å²) in [5.74, 6) is -0.0967. The number of piperazine rings is 1. The van der Waals surface area contributed by atoms with Crippen LogP contribution in [0.3, 0.4) is 0 Å². The Kier molecular flexibility index (Phi) is 3.67. The molecule has 20 heavy (non-hydrogen) atoms. The Morgan fingerprint density at radius 1 is 1.35 bits per heavy atom. The van der Waals surface area contributed by atoms with Crippen molar-refractivity contribution in [2.24, 2.45) is 5.41 Å². The van der Waals surface area contributed by atoms with Gasteiger partial charge in [-0.3, -0.25) is 9.59 Å². The van der Waals surface area contributed by atoms with Crippen LogP contribution in [0.15, 0.2) is 16.8 Å². The predicted octanol–water partition coefficient (Wildman–Crippen LogP) is 2.40. The lowest BCUT2D eigenvalue weighted by Gasteiger charge is -2.47. The molecule has 1 aromatic rings. The first kappa shape index (κ1) is 15.0. The summed E-state index contributed by atoms with van der Waals surface area (Å²) in [7, 11) is 0. The maximum Gasteiger partial charge on any atom is 0.246 e. The van der Waals surface area contributed by atoms with Gasteiger partial charge in [-0.25, -0.2) is 0 Å². The first-order valence-corrected chi connectivity index (χ1v) is 7.72. The Bertz CT molecular complexity index is 514. The predicted molar refractivity (Wildman–Crippen MR) is 80.3 cm³/mol. The normalized spacial score (nSPS) is 22.9. The number of rotatable bonds is 2. The van der Waals surface area contributed by atoms with E-state index in [4.69, 9.17) is 0 Å².